The van der Waals surface area contributed by atoms with Gasteiger partial charge in [0.15, 0.2) is 5.82 Å². The Morgan fingerprint density at radius 3 is 2.70 bits per heavy atom. The van der Waals surface area contributed by atoms with Gasteiger partial charge < -0.3 is 10.1 Å². The van der Waals surface area contributed by atoms with Crippen molar-refractivity contribution in [2.24, 2.45) is 0 Å². The van der Waals surface area contributed by atoms with Crippen molar-refractivity contribution in [3.8, 4) is 11.4 Å². The summed E-state index contributed by atoms with van der Waals surface area (Å²) in [7, 11) is 1.63. The first kappa shape index (κ1) is 15.1. The first-order valence-corrected chi connectivity index (χ1v) is 7.26. The van der Waals surface area contributed by atoms with Crippen molar-refractivity contribution in [3.05, 3.63) is 65.6 Å². The van der Waals surface area contributed by atoms with Crippen LogP contribution in [0.1, 0.15) is 5.82 Å². The Labute approximate surface area is 138 Å². The molecular formula is C16H14ClN5O. The second kappa shape index (κ2) is 6.93. The van der Waals surface area contributed by atoms with E-state index in [-0.39, 0.29) is 0 Å². The minimum Gasteiger partial charge on any atom is -0.495 e. The fraction of sp³-hybridized carbons (Fsp3) is 0.0625. The Bertz CT molecular complexity index is 813. The fourth-order valence-corrected chi connectivity index (χ4v) is 2.16. The van der Waals surface area contributed by atoms with Gasteiger partial charge in [-0.25, -0.2) is 0 Å². The van der Waals surface area contributed by atoms with E-state index < -0.39 is 0 Å². The molecule has 0 spiro atoms. The maximum atomic E-state index is 5.90. The number of nitrogens with one attached hydrogen (secondary N) is 1. The van der Waals surface area contributed by atoms with E-state index >= 15 is 0 Å². The van der Waals surface area contributed by atoms with Crippen molar-refractivity contribution in [2.45, 2.75) is 0 Å². The first-order valence-electron chi connectivity index (χ1n) is 6.88. The second-order valence-corrected chi connectivity index (χ2v) is 5.04. The number of anilines is 1. The number of tetrazole rings is 1. The Kier molecular flexibility index (Phi) is 4.54. The van der Waals surface area contributed by atoms with E-state index in [1.807, 2.05) is 36.4 Å². The molecule has 7 heteroatoms. The number of methoxy groups -OCH3 is 1. The van der Waals surface area contributed by atoms with Crippen LogP contribution in [-0.2, 0) is 0 Å². The van der Waals surface area contributed by atoms with Crippen LogP contribution in [0, 0.1) is 0 Å². The van der Waals surface area contributed by atoms with Gasteiger partial charge in [0.2, 0.25) is 0 Å². The van der Waals surface area contributed by atoms with Gasteiger partial charge in [0.1, 0.15) is 5.75 Å². The van der Waals surface area contributed by atoms with Crippen LogP contribution in [0.3, 0.4) is 0 Å². The summed E-state index contributed by atoms with van der Waals surface area (Å²) in [5.41, 5.74) is 1.69. The lowest BCUT2D eigenvalue weighted by atomic mass is 10.3. The van der Waals surface area contributed by atoms with Gasteiger partial charge in [-0.15, -0.1) is 5.10 Å². The highest BCUT2D eigenvalue weighted by Gasteiger charge is 2.05. The molecule has 23 heavy (non-hydrogen) atoms. The summed E-state index contributed by atoms with van der Waals surface area (Å²) >= 11 is 5.90. The van der Waals surface area contributed by atoms with Gasteiger partial charge in [-0.2, -0.15) is 4.68 Å². The van der Waals surface area contributed by atoms with Crippen LogP contribution >= 0.6 is 11.6 Å². The van der Waals surface area contributed by atoms with Crippen LogP contribution < -0.4 is 10.1 Å². The third kappa shape index (κ3) is 3.49. The molecule has 0 amide bonds. The Hall–Kier alpha value is -2.86. The van der Waals surface area contributed by atoms with Gasteiger partial charge in [-0.05, 0) is 46.8 Å². The summed E-state index contributed by atoms with van der Waals surface area (Å²) in [5.74, 6) is 1.35. The van der Waals surface area contributed by atoms with Crippen molar-refractivity contribution in [1.82, 2.24) is 20.2 Å². The number of aromatic nitrogens is 4. The summed E-state index contributed by atoms with van der Waals surface area (Å²) in [5, 5.41) is 15.5. The molecule has 0 saturated heterocycles. The van der Waals surface area contributed by atoms with Gasteiger partial charge in [0, 0.05) is 17.3 Å². The minimum atomic E-state index is 0.592. The summed E-state index contributed by atoms with van der Waals surface area (Å²) in [6.45, 7) is 0. The smallest absolute Gasteiger partial charge is 0.181 e. The number of benzene rings is 2. The maximum Gasteiger partial charge on any atom is 0.181 e. The third-order valence-electron chi connectivity index (χ3n) is 3.14. The van der Waals surface area contributed by atoms with Gasteiger partial charge in [0.25, 0.3) is 0 Å². The van der Waals surface area contributed by atoms with E-state index in [9.17, 15) is 0 Å². The van der Waals surface area contributed by atoms with Crippen LogP contribution in [0.4, 0.5) is 5.69 Å². The molecule has 0 radical (unpaired) electrons. The minimum absolute atomic E-state index is 0.592. The number of hydrogen-bond acceptors (Lipinski definition) is 5. The standard InChI is InChI=1S/C16H14ClN5O/c1-23-15-5-3-2-4-14(15)18-11-10-16-19-20-21-22(16)13-8-6-12(17)7-9-13/h2-11,18H,1H3. The molecule has 0 atom stereocenters. The molecule has 1 N–H and O–H groups in total. The molecule has 0 saturated carbocycles. The molecule has 3 rings (SSSR count). The number of halogens is 1. The molecular weight excluding hydrogens is 314 g/mol. The molecule has 0 aliphatic rings. The molecule has 1 heterocycles. The van der Waals surface area contributed by atoms with E-state index in [0.717, 1.165) is 17.1 Å². The van der Waals surface area contributed by atoms with E-state index in [2.05, 4.69) is 20.8 Å². The van der Waals surface area contributed by atoms with Crippen LogP contribution in [0.15, 0.2) is 54.7 Å². The zero-order chi connectivity index (χ0) is 16.1. The Morgan fingerprint density at radius 2 is 1.91 bits per heavy atom. The van der Waals surface area contributed by atoms with Crippen molar-refractivity contribution in [1.29, 1.82) is 0 Å². The maximum absolute atomic E-state index is 5.90. The highest BCUT2D eigenvalue weighted by Crippen LogP contribution is 2.23. The van der Waals surface area contributed by atoms with E-state index in [4.69, 9.17) is 16.3 Å². The van der Waals surface area contributed by atoms with E-state index in [1.165, 1.54) is 0 Å². The molecule has 0 aliphatic carbocycles. The SMILES string of the molecule is COc1ccccc1NC=Cc1nnnn1-c1ccc(Cl)cc1. The summed E-state index contributed by atoms with van der Waals surface area (Å²) in [6.07, 6.45) is 3.54. The monoisotopic (exact) mass is 327 g/mol. The zero-order valence-corrected chi connectivity index (χ0v) is 13.1. The highest BCUT2D eigenvalue weighted by atomic mass is 35.5. The molecule has 116 valence electrons. The lowest BCUT2D eigenvalue weighted by molar-refractivity contribution is 0.417. The lowest BCUT2D eigenvalue weighted by Crippen LogP contribution is -2.00. The molecule has 0 fully saturated rings. The zero-order valence-electron chi connectivity index (χ0n) is 12.3. The number of ether oxygens (including phenoxy) is 1. The number of hydrogen-bond donors (Lipinski definition) is 1. The number of rotatable bonds is 5. The van der Waals surface area contributed by atoms with Gasteiger partial charge in [-0.1, -0.05) is 23.7 Å². The fourth-order valence-electron chi connectivity index (χ4n) is 2.03. The van der Waals surface area contributed by atoms with Crippen LogP contribution in [-0.4, -0.2) is 27.3 Å². The molecule has 2 aromatic carbocycles. The summed E-state index contributed by atoms with van der Waals surface area (Å²) in [6, 6.07) is 14.9. The van der Waals surface area contributed by atoms with Gasteiger partial charge in [-0.3, -0.25) is 0 Å². The van der Waals surface area contributed by atoms with Gasteiger partial charge >= 0.3 is 0 Å². The van der Waals surface area contributed by atoms with Crippen molar-refractivity contribution < 1.29 is 4.74 Å². The Morgan fingerprint density at radius 1 is 1.13 bits per heavy atom. The molecule has 6 nitrogen and oxygen atoms in total. The van der Waals surface area contributed by atoms with E-state index in [1.54, 1.807) is 36.2 Å². The Balaban J connectivity index is 1.79. The molecule has 1 aromatic heterocycles. The predicted octanol–water partition coefficient (Wildman–Crippen LogP) is 3.41. The predicted molar refractivity (Wildman–Crippen MR) is 89.8 cm³/mol. The average molecular weight is 328 g/mol. The van der Waals surface area contributed by atoms with Crippen molar-refractivity contribution in [3.63, 3.8) is 0 Å². The lowest BCUT2D eigenvalue weighted by Gasteiger charge is -2.07. The molecule has 0 aliphatic heterocycles. The molecule has 3 aromatic rings. The van der Waals surface area contributed by atoms with Crippen molar-refractivity contribution >= 4 is 23.4 Å². The first-order chi connectivity index (χ1) is 11.3. The van der Waals surface area contributed by atoms with Crippen LogP contribution in [0.5, 0.6) is 5.75 Å². The van der Waals surface area contributed by atoms with Gasteiger partial charge in [0.05, 0.1) is 18.5 Å². The normalized spacial score (nSPS) is 10.9. The summed E-state index contributed by atoms with van der Waals surface area (Å²) in [4.78, 5) is 0. The van der Waals surface area contributed by atoms with Crippen LogP contribution in [0.25, 0.3) is 11.8 Å². The molecule has 0 unspecified atom stereocenters. The van der Waals surface area contributed by atoms with Crippen molar-refractivity contribution in [2.75, 3.05) is 12.4 Å². The number of para-hydroxylation sites is 2. The summed E-state index contributed by atoms with van der Waals surface area (Å²) < 4.78 is 6.90. The topological polar surface area (TPSA) is 64.9 Å². The average Bonchev–Trinajstić information content (AvgIpc) is 3.04. The highest BCUT2D eigenvalue weighted by molar-refractivity contribution is 6.30. The second-order valence-electron chi connectivity index (χ2n) is 4.60. The molecule has 0 bridgehead atoms. The van der Waals surface area contributed by atoms with Crippen LogP contribution in [0.2, 0.25) is 5.02 Å². The largest absolute Gasteiger partial charge is 0.495 e. The van der Waals surface area contributed by atoms with E-state index in [0.29, 0.717) is 10.8 Å². The quantitative estimate of drug-likeness (QED) is 0.778. The third-order valence-corrected chi connectivity index (χ3v) is 3.40. The number of nitrogens with zero attached hydrogens (tertiary/aromatic N) is 4.